The van der Waals surface area contributed by atoms with Crippen LogP contribution in [-0.2, 0) is 19.1 Å². The molecule has 0 aromatic carbocycles. The summed E-state index contributed by atoms with van der Waals surface area (Å²) in [4.78, 5) is 22.3. The van der Waals surface area contributed by atoms with Gasteiger partial charge in [0.1, 0.15) is 17.6 Å². The van der Waals surface area contributed by atoms with Crippen molar-refractivity contribution in [3.8, 4) is 0 Å². The summed E-state index contributed by atoms with van der Waals surface area (Å²) in [6.45, 7) is 5.27. The molecule has 0 aliphatic heterocycles. The largest absolute Gasteiger partial charge is 0.460 e. The average molecular weight is 271 g/mol. The molecule has 0 aromatic rings. The average Bonchev–Trinajstić information content (AvgIpc) is 2.13. The van der Waals surface area contributed by atoms with Crippen molar-refractivity contribution in [1.29, 1.82) is 0 Å². The molecule has 0 heterocycles. The van der Waals surface area contributed by atoms with Gasteiger partial charge in [-0.25, -0.2) is 0 Å². The first-order chi connectivity index (χ1) is 7.28. The summed E-state index contributed by atoms with van der Waals surface area (Å²) in [5.74, 6) is -1.29. The van der Waals surface area contributed by atoms with Crippen LogP contribution in [-0.4, -0.2) is 35.4 Å². The van der Waals surface area contributed by atoms with E-state index >= 15 is 0 Å². The summed E-state index contributed by atoms with van der Waals surface area (Å²) in [6.07, 6.45) is -0.758. The van der Waals surface area contributed by atoms with Gasteiger partial charge in [0.05, 0.1) is 12.3 Å². The molecule has 0 saturated heterocycles. The molecular weight excluding hydrogens is 255 g/mol. The number of hydrogen-bond donors (Lipinski definition) is 0. The van der Waals surface area contributed by atoms with Gasteiger partial charge in [-0.1, -0.05) is 0 Å². The summed E-state index contributed by atoms with van der Waals surface area (Å²) in [6, 6.07) is 0. The van der Waals surface area contributed by atoms with E-state index < -0.39 is 23.6 Å². The molecule has 4 nitrogen and oxygen atoms in total. The topological polar surface area (TPSA) is 52.6 Å². The lowest BCUT2D eigenvalue weighted by Crippen LogP contribution is -2.29. The first kappa shape index (κ1) is 15.5. The molecule has 16 heavy (non-hydrogen) atoms. The van der Waals surface area contributed by atoms with E-state index in [0.29, 0.717) is 0 Å². The molecule has 0 rings (SSSR count). The highest BCUT2D eigenvalue weighted by molar-refractivity contribution is 6.26. The third-order valence-electron chi connectivity index (χ3n) is 1.39. The quantitative estimate of drug-likeness (QED) is 0.567. The first-order valence-electron chi connectivity index (χ1n) is 4.81. The van der Waals surface area contributed by atoms with Crippen molar-refractivity contribution in [3.05, 3.63) is 0 Å². The number of carbonyl (C=O) groups is 2. The second-order valence-corrected chi connectivity index (χ2v) is 4.77. The van der Waals surface area contributed by atoms with Gasteiger partial charge in [-0.2, -0.15) is 0 Å². The van der Waals surface area contributed by atoms with Gasteiger partial charge in [-0.05, 0) is 20.8 Å². The van der Waals surface area contributed by atoms with Gasteiger partial charge in [-0.3, -0.25) is 9.59 Å². The molecule has 0 fully saturated rings. The van der Waals surface area contributed by atoms with Crippen molar-refractivity contribution < 1.29 is 19.1 Å². The summed E-state index contributed by atoms with van der Waals surface area (Å²) in [7, 11) is 0. The maximum Gasteiger partial charge on any atom is 0.321 e. The SMILES string of the molecule is CC(C)(C)OC(=O)CC(CCl)OC(=O)CCl. The van der Waals surface area contributed by atoms with E-state index in [2.05, 4.69) is 0 Å². The lowest BCUT2D eigenvalue weighted by atomic mass is 10.2. The Hall–Kier alpha value is -0.480. The summed E-state index contributed by atoms with van der Waals surface area (Å²) < 4.78 is 9.89. The van der Waals surface area contributed by atoms with Crippen molar-refractivity contribution in [1.82, 2.24) is 0 Å². The van der Waals surface area contributed by atoms with Gasteiger partial charge in [-0.15, -0.1) is 23.2 Å². The molecule has 0 N–H and O–H groups in total. The standard InChI is InChI=1S/C10H16Cl2O4/c1-10(2,3)16-8(13)4-7(5-11)15-9(14)6-12/h7H,4-6H2,1-3H3. The molecule has 1 unspecified atom stereocenters. The van der Waals surface area contributed by atoms with Crippen LogP contribution in [0.1, 0.15) is 27.2 Å². The Kier molecular flexibility index (Phi) is 6.76. The van der Waals surface area contributed by atoms with Gasteiger partial charge in [0.15, 0.2) is 0 Å². The Morgan fingerprint density at radius 1 is 1.19 bits per heavy atom. The highest BCUT2D eigenvalue weighted by Crippen LogP contribution is 2.11. The number of esters is 2. The fourth-order valence-corrected chi connectivity index (χ4v) is 1.15. The number of halogens is 2. The fourth-order valence-electron chi connectivity index (χ4n) is 0.914. The van der Waals surface area contributed by atoms with Gasteiger partial charge in [0, 0.05) is 0 Å². The number of ether oxygens (including phenoxy) is 2. The highest BCUT2D eigenvalue weighted by Gasteiger charge is 2.22. The van der Waals surface area contributed by atoms with E-state index in [1.807, 2.05) is 0 Å². The second-order valence-electron chi connectivity index (χ2n) is 4.19. The minimum absolute atomic E-state index is 0.0296. The van der Waals surface area contributed by atoms with Gasteiger partial charge < -0.3 is 9.47 Å². The Labute approximate surface area is 105 Å². The molecule has 0 bridgehead atoms. The normalized spacial score (nSPS) is 13.1. The maximum absolute atomic E-state index is 11.4. The van der Waals surface area contributed by atoms with Crippen molar-refractivity contribution in [2.75, 3.05) is 11.8 Å². The van der Waals surface area contributed by atoms with Crippen molar-refractivity contribution >= 4 is 35.1 Å². The van der Waals surface area contributed by atoms with Crippen LogP contribution in [0.4, 0.5) is 0 Å². The zero-order chi connectivity index (χ0) is 12.8. The second kappa shape index (κ2) is 6.97. The Morgan fingerprint density at radius 2 is 1.75 bits per heavy atom. The van der Waals surface area contributed by atoms with E-state index in [4.69, 9.17) is 32.7 Å². The van der Waals surface area contributed by atoms with Crippen LogP contribution in [0.25, 0.3) is 0 Å². The van der Waals surface area contributed by atoms with Crippen LogP contribution in [0.5, 0.6) is 0 Å². The molecular formula is C10H16Cl2O4. The Morgan fingerprint density at radius 3 is 2.12 bits per heavy atom. The lowest BCUT2D eigenvalue weighted by molar-refractivity contribution is -0.159. The minimum Gasteiger partial charge on any atom is -0.460 e. The predicted octanol–water partition coefficient (Wildman–Crippen LogP) is 2.11. The smallest absolute Gasteiger partial charge is 0.321 e. The third kappa shape index (κ3) is 7.77. The van der Waals surface area contributed by atoms with Crippen LogP contribution in [0, 0.1) is 0 Å². The van der Waals surface area contributed by atoms with Gasteiger partial charge in [0.25, 0.3) is 0 Å². The molecule has 0 radical (unpaired) electrons. The third-order valence-corrected chi connectivity index (χ3v) is 1.96. The molecule has 0 aromatic heterocycles. The van der Waals surface area contributed by atoms with E-state index in [9.17, 15) is 9.59 Å². The zero-order valence-corrected chi connectivity index (χ0v) is 11.1. The number of alkyl halides is 2. The van der Waals surface area contributed by atoms with Crippen LogP contribution < -0.4 is 0 Å². The van der Waals surface area contributed by atoms with Crippen LogP contribution >= 0.6 is 23.2 Å². The van der Waals surface area contributed by atoms with Crippen LogP contribution in [0.3, 0.4) is 0 Å². The van der Waals surface area contributed by atoms with Crippen LogP contribution in [0.15, 0.2) is 0 Å². The number of rotatable bonds is 5. The first-order valence-corrected chi connectivity index (χ1v) is 5.88. The summed E-state index contributed by atoms with van der Waals surface area (Å²) in [5.41, 5.74) is -0.565. The van der Waals surface area contributed by atoms with E-state index in [1.54, 1.807) is 20.8 Å². The van der Waals surface area contributed by atoms with E-state index in [-0.39, 0.29) is 18.2 Å². The Balaban J connectivity index is 4.12. The van der Waals surface area contributed by atoms with Crippen LogP contribution in [0.2, 0.25) is 0 Å². The van der Waals surface area contributed by atoms with E-state index in [0.717, 1.165) is 0 Å². The van der Waals surface area contributed by atoms with Gasteiger partial charge in [0.2, 0.25) is 0 Å². The monoisotopic (exact) mass is 270 g/mol. The molecule has 0 saturated carbocycles. The summed E-state index contributed by atoms with van der Waals surface area (Å²) >= 11 is 10.8. The fraction of sp³-hybridized carbons (Fsp3) is 0.800. The molecule has 0 aliphatic carbocycles. The molecule has 94 valence electrons. The van der Waals surface area contributed by atoms with Crippen molar-refractivity contribution in [2.24, 2.45) is 0 Å². The zero-order valence-electron chi connectivity index (χ0n) is 9.59. The van der Waals surface area contributed by atoms with E-state index in [1.165, 1.54) is 0 Å². The highest BCUT2D eigenvalue weighted by atomic mass is 35.5. The lowest BCUT2D eigenvalue weighted by Gasteiger charge is -2.21. The number of carbonyl (C=O) groups excluding carboxylic acids is 2. The molecule has 6 heteroatoms. The Bertz CT molecular complexity index is 248. The molecule has 1 atom stereocenters. The molecule has 0 amide bonds. The maximum atomic E-state index is 11.4. The summed E-state index contributed by atoms with van der Waals surface area (Å²) in [5, 5.41) is 0. The predicted molar refractivity (Wildman–Crippen MR) is 61.8 cm³/mol. The number of hydrogen-bond acceptors (Lipinski definition) is 4. The minimum atomic E-state index is -0.692. The van der Waals surface area contributed by atoms with Crippen molar-refractivity contribution in [3.63, 3.8) is 0 Å². The van der Waals surface area contributed by atoms with Gasteiger partial charge >= 0.3 is 11.9 Å². The molecule has 0 spiro atoms. The van der Waals surface area contributed by atoms with Crippen molar-refractivity contribution in [2.45, 2.75) is 38.9 Å². The molecule has 0 aliphatic rings.